The number of hydrogen-bond donors (Lipinski definition) is 2. The smallest absolute Gasteiger partial charge is 0.241 e. The zero-order valence-corrected chi connectivity index (χ0v) is 18.6. The van der Waals surface area contributed by atoms with Gasteiger partial charge in [0.2, 0.25) is 21.8 Å². The zero-order valence-electron chi connectivity index (χ0n) is 17.7. The lowest BCUT2D eigenvalue weighted by Crippen LogP contribution is -2.54. The van der Waals surface area contributed by atoms with Crippen LogP contribution < -0.4 is 10.5 Å². The fourth-order valence-corrected chi connectivity index (χ4v) is 4.01. The molecule has 1 aliphatic heterocycles. The van der Waals surface area contributed by atoms with Crippen molar-refractivity contribution in [2.75, 3.05) is 31.5 Å². The molecule has 3 N–H and O–H groups in total. The lowest BCUT2D eigenvalue weighted by Gasteiger charge is -2.37. The highest BCUT2D eigenvalue weighted by Crippen LogP contribution is 2.15. The Labute approximate surface area is 183 Å². The first-order valence-electron chi connectivity index (χ1n) is 10.1. The van der Waals surface area contributed by atoms with Crippen molar-refractivity contribution in [2.45, 2.75) is 31.2 Å². The van der Waals surface area contributed by atoms with E-state index in [1.54, 1.807) is 0 Å². The number of piperazine rings is 1. The standard InChI is InChI=1S/C22H28N4O4S/c1-16-3-5-18(6-4-16)15-21(27)26-13-11-25(12-14-26)17(2)22(28)24-19-7-9-20(10-8-19)31(23,29)30/h3-10,17H,11-15H2,1-2H3,(H,24,28)(H2,23,29,30). The second-order valence-corrected chi connectivity index (χ2v) is 9.38. The SMILES string of the molecule is Cc1ccc(CC(=O)N2CCN(C(C)C(=O)Nc3ccc(S(N)(=O)=O)cc3)CC2)cc1. The summed E-state index contributed by atoms with van der Waals surface area (Å²) in [5.41, 5.74) is 2.66. The van der Waals surface area contributed by atoms with Crippen molar-refractivity contribution in [3.05, 3.63) is 59.7 Å². The topological polar surface area (TPSA) is 113 Å². The van der Waals surface area contributed by atoms with Gasteiger partial charge in [0.15, 0.2) is 0 Å². The van der Waals surface area contributed by atoms with Crippen molar-refractivity contribution in [2.24, 2.45) is 5.14 Å². The van der Waals surface area contributed by atoms with Gasteiger partial charge >= 0.3 is 0 Å². The maximum Gasteiger partial charge on any atom is 0.241 e. The van der Waals surface area contributed by atoms with Crippen molar-refractivity contribution in [3.63, 3.8) is 0 Å². The molecule has 9 heteroatoms. The summed E-state index contributed by atoms with van der Waals surface area (Å²) in [6.45, 7) is 6.20. The van der Waals surface area contributed by atoms with Crippen molar-refractivity contribution >= 4 is 27.5 Å². The summed E-state index contributed by atoms with van der Waals surface area (Å²) in [5.74, 6) is -0.0988. The number of hydrogen-bond acceptors (Lipinski definition) is 5. The predicted octanol–water partition coefficient (Wildman–Crippen LogP) is 1.36. The Bertz CT molecular complexity index is 1030. The van der Waals surface area contributed by atoms with Crippen LogP contribution in [0.5, 0.6) is 0 Å². The van der Waals surface area contributed by atoms with Gasteiger partial charge in [-0.15, -0.1) is 0 Å². The Morgan fingerprint density at radius 3 is 2.13 bits per heavy atom. The highest BCUT2D eigenvalue weighted by Gasteiger charge is 2.27. The van der Waals surface area contributed by atoms with Gasteiger partial charge in [-0.2, -0.15) is 0 Å². The molecule has 2 amide bonds. The van der Waals surface area contributed by atoms with E-state index in [4.69, 9.17) is 5.14 Å². The van der Waals surface area contributed by atoms with Crippen molar-refractivity contribution in [1.29, 1.82) is 0 Å². The molecule has 1 atom stereocenters. The summed E-state index contributed by atoms with van der Waals surface area (Å²) < 4.78 is 22.7. The minimum Gasteiger partial charge on any atom is -0.340 e. The van der Waals surface area contributed by atoms with E-state index < -0.39 is 10.0 Å². The third kappa shape index (κ3) is 6.13. The molecule has 0 saturated carbocycles. The molecule has 1 aliphatic rings. The van der Waals surface area contributed by atoms with Gasteiger partial charge in [-0.3, -0.25) is 14.5 Å². The highest BCUT2D eigenvalue weighted by atomic mass is 32.2. The fourth-order valence-electron chi connectivity index (χ4n) is 3.49. The van der Waals surface area contributed by atoms with Gasteiger partial charge in [0.25, 0.3) is 0 Å². The van der Waals surface area contributed by atoms with Crippen molar-refractivity contribution in [1.82, 2.24) is 9.80 Å². The number of anilines is 1. The van der Waals surface area contributed by atoms with E-state index in [0.29, 0.717) is 38.3 Å². The zero-order chi connectivity index (χ0) is 22.6. The quantitative estimate of drug-likeness (QED) is 0.699. The van der Waals surface area contributed by atoms with Gasteiger partial charge in [0, 0.05) is 31.9 Å². The number of nitrogens with one attached hydrogen (secondary N) is 1. The molecule has 1 unspecified atom stereocenters. The summed E-state index contributed by atoms with van der Waals surface area (Å²) in [6.07, 6.45) is 0.380. The molecule has 0 radical (unpaired) electrons. The van der Waals surface area contributed by atoms with Gasteiger partial charge in [-0.05, 0) is 43.7 Å². The van der Waals surface area contributed by atoms with E-state index >= 15 is 0 Å². The van der Waals surface area contributed by atoms with Crippen LogP contribution in [0.25, 0.3) is 0 Å². The first kappa shape index (κ1) is 22.9. The molecular weight excluding hydrogens is 416 g/mol. The van der Waals surface area contributed by atoms with Crippen LogP contribution in [0.4, 0.5) is 5.69 Å². The molecule has 31 heavy (non-hydrogen) atoms. The molecule has 8 nitrogen and oxygen atoms in total. The number of carbonyl (C=O) groups is 2. The van der Waals surface area contributed by atoms with Crippen LogP contribution in [0.3, 0.4) is 0 Å². The van der Waals surface area contributed by atoms with E-state index in [1.165, 1.54) is 24.3 Å². The molecule has 166 valence electrons. The fraction of sp³-hybridized carbons (Fsp3) is 0.364. The molecule has 0 spiro atoms. The highest BCUT2D eigenvalue weighted by molar-refractivity contribution is 7.89. The minimum absolute atomic E-state index is 0.00928. The van der Waals surface area contributed by atoms with E-state index in [9.17, 15) is 18.0 Å². The van der Waals surface area contributed by atoms with E-state index in [1.807, 2.05) is 47.9 Å². The molecule has 0 bridgehead atoms. The first-order chi connectivity index (χ1) is 14.6. The summed E-state index contributed by atoms with van der Waals surface area (Å²) in [7, 11) is -3.77. The number of rotatable bonds is 6. The van der Waals surface area contributed by atoms with Crippen LogP contribution in [-0.4, -0.2) is 62.3 Å². The lowest BCUT2D eigenvalue weighted by atomic mass is 10.1. The number of primary sulfonamides is 1. The molecule has 3 rings (SSSR count). The number of amides is 2. The lowest BCUT2D eigenvalue weighted by molar-refractivity contribution is -0.133. The van der Waals surface area contributed by atoms with Crippen molar-refractivity contribution < 1.29 is 18.0 Å². The Morgan fingerprint density at radius 2 is 1.58 bits per heavy atom. The second-order valence-electron chi connectivity index (χ2n) is 7.81. The molecule has 0 aromatic heterocycles. The van der Waals surface area contributed by atoms with Crippen LogP contribution in [0.1, 0.15) is 18.1 Å². The number of aryl methyl sites for hydroxylation is 1. The number of benzene rings is 2. The van der Waals surface area contributed by atoms with E-state index in [2.05, 4.69) is 5.32 Å². The summed E-state index contributed by atoms with van der Waals surface area (Å²) in [6, 6.07) is 13.3. The van der Waals surface area contributed by atoms with Gasteiger partial charge < -0.3 is 10.2 Å². The maximum atomic E-state index is 12.6. The summed E-state index contributed by atoms with van der Waals surface area (Å²) in [4.78, 5) is 29.0. The van der Waals surface area contributed by atoms with Gasteiger partial charge in [0.1, 0.15) is 0 Å². The van der Waals surface area contributed by atoms with E-state index in [0.717, 1.165) is 11.1 Å². The molecule has 1 saturated heterocycles. The normalized spacial score (nSPS) is 16.0. The number of nitrogens with zero attached hydrogens (tertiary/aromatic N) is 2. The first-order valence-corrected chi connectivity index (χ1v) is 11.7. The third-order valence-electron chi connectivity index (χ3n) is 5.52. The van der Waals surface area contributed by atoms with Crippen molar-refractivity contribution in [3.8, 4) is 0 Å². The molecule has 1 heterocycles. The molecule has 2 aromatic carbocycles. The molecular formula is C22H28N4O4S. The Hall–Kier alpha value is -2.75. The van der Waals surface area contributed by atoms with Crippen LogP contribution in [0, 0.1) is 6.92 Å². The summed E-state index contributed by atoms with van der Waals surface area (Å²) >= 11 is 0. The Kier molecular flexibility index (Phi) is 7.09. The summed E-state index contributed by atoms with van der Waals surface area (Å²) in [5, 5.41) is 7.88. The largest absolute Gasteiger partial charge is 0.340 e. The van der Waals surface area contributed by atoms with Crippen LogP contribution in [0.15, 0.2) is 53.4 Å². The minimum atomic E-state index is -3.77. The second kappa shape index (κ2) is 9.59. The van der Waals surface area contributed by atoms with E-state index in [-0.39, 0.29) is 22.8 Å². The number of sulfonamides is 1. The van der Waals surface area contributed by atoms with Crippen LogP contribution in [-0.2, 0) is 26.0 Å². The van der Waals surface area contributed by atoms with Crippen LogP contribution >= 0.6 is 0 Å². The Morgan fingerprint density at radius 1 is 1.00 bits per heavy atom. The number of carbonyl (C=O) groups excluding carboxylic acids is 2. The average Bonchev–Trinajstić information content (AvgIpc) is 2.74. The Balaban J connectivity index is 1.49. The third-order valence-corrected chi connectivity index (χ3v) is 6.45. The predicted molar refractivity (Wildman–Crippen MR) is 119 cm³/mol. The van der Waals surface area contributed by atoms with Crippen LogP contribution in [0.2, 0.25) is 0 Å². The maximum absolute atomic E-state index is 12.6. The molecule has 2 aromatic rings. The number of nitrogens with two attached hydrogens (primary N) is 1. The monoisotopic (exact) mass is 444 g/mol. The molecule has 0 aliphatic carbocycles. The van der Waals surface area contributed by atoms with Gasteiger partial charge in [-0.1, -0.05) is 29.8 Å². The van der Waals surface area contributed by atoms with Gasteiger partial charge in [-0.25, -0.2) is 13.6 Å². The average molecular weight is 445 g/mol. The molecule has 1 fully saturated rings. The van der Waals surface area contributed by atoms with Gasteiger partial charge in [0.05, 0.1) is 17.4 Å².